The van der Waals surface area contributed by atoms with Crippen molar-refractivity contribution in [2.75, 3.05) is 0 Å². The average Bonchev–Trinajstić information content (AvgIpc) is 2.09. The Hall–Kier alpha value is -0.0300. The lowest BCUT2D eigenvalue weighted by atomic mass is 10.2. The summed E-state index contributed by atoms with van der Waals surface area (Å²) in [6.07, 6.45) is -4.82. The van der Waals surface area contributed by atoms with Crippen LogP contribution >= 0.6 is 46.4 Å². The van der Waals surface area contributed by atoms with Gasteiger partial charge in [-0.15, -0.1) is 0 Å². The molecule has 8 heteroatoms. The molecule has 15 heavy (non-hydrogen) atoms. The minimum absolute atomic E-state index is 0.514. The van der Waals surface area contributed by atoms with Gasteiger partial charge in [0.2, 0.25) is 0 Å². The van der Waals surface area contributed by atoms with Crippen LogP contribution in [-0.4, -0.2) is 5.11 Å². The van der Waals surface area contributed by atoms with Crippen LogP contribution in [-0.2, 0) is 6.18 Å². The van der Waals surface area contributed by atoms with Gasteiger partial charge in [-0.1, -0.05) is 46.4 Å². The van der Waals surface area contributed by atoms with Gasteiger partial charge in [0.05, 0.1) is 20.6 Å². The summed E-state index contributed by atoms with van der Waals surface area (Å²) in [5.74, 6) is -0.944. The number of hydrogen-bond donors (Lipinski definition) is 1. The molecule has 0 aliphatic rings. The van der Waals surface area contributed by atoms with E-state index < -0.39 is 37.6 Å². The Morgan fingerprint density at radius 1 is 0.800 bits per heavy atom. The van der Waals surface area contributed by atoms with Crippen molar-refractivity contribution in [3.8, 4) is 5.75 Å². The lowest BCUT2D eigenvalue weighted by Crippen LogP contribution is -2.07. The van der Waals surface area contributed by atoms with Gasteiger partial charge in [-0.2, -0.15) is 13.2 Å². The summed E-state index contributed by atoms with van der Waals surface area (Å²) >= 11 is 21.4. The Morgan fingerprint density at radius 2 is 1.27 bits per heavy atom. The Morgan fingerprint density at radius 3 is 1.67 bits per heavy atom. The van der Waals surface area contributed by atoms with Crippen molar-refractivity contribution in [1.82, 2.24) is 0 Å². The highest BCUT2D eigenvalue weighted by Gasteiger charge is 2.39. The minimum atomic E-state index is -4.82. The summed E-state index contributed by atoms with van der Waals surface area (Å²) in [6.45, 7) is 0. The molecule has 0 aromatic heterocycles. The maximum Gasteiger partial charge on any atom is 0.419 e. The molecule has 0 fully saturated rings. The molecular weight excluding hydrogens is 299 g/mol. The highest BCUT2D eigenvalue weighted by atomic mass is 35.5. The van der Waals surface area contributed by atoms with Crippen LogP contribution in [0.15, 0.2) is 0 Å². The number of alkyl halides is 3. The zero-order valence-corrected chi connectivity index (χ0v) is 9.62. The third-order valence-corrected chi connectivity index (χ3v) is 3.21. The molecule has 0 aliphatic heterocycles. The number of aromatic hydroxyl groups is 1. The van der Waals surface area contributed by atoms with Crippen LogP contribution < -0.4 is 0 Å². The Balaban J connectivity index is 3.68. The Bertz CT molecular complexity index is 387. The second-order valence-corrected chi connectivity index (χ2v) is 3.99. The maximum absolute atomic E-state index is 12.4. The molecule has 0 saturated heterocycles. The van der Waals surface area contributed by atoms with Gasteiger partial charge in [0.25, 0.3) is 0 Å². The smallest absolute Gasteiger partial charge is 0.419 e. The summed E-state index contributed by atoms with van der Waals surface area (Å²) in [5, 5.41) is 6.24. The molecule has 0 bridgehead atoms. The normalized spacial score (nSPS) is 11.9. The quantitative estimate of drug-likeness (QED) is 0.526. The molecule has 1 nitrogen and oxygen atoms in total. The molecule has 0 spiro atoms. The van der Waals surface area contributed by atoms with Gasteiger partial charge >= 0.3 is 6.18 Å². The molecule has 0 aliphatic carbocycles. The molecule has 84 valence electrons. The fourth-order valence-corrected chi connectivity index (χ4v) is 1.98. The van der Waals surface area contributed by atoms with E-state index in [0.29, 0.717) is 0 Å². The van der Waals surface area contributed by atoms with Gasteiger partial charge in [-0.25, -0.2) is 0 Å². The SMILES string of the molecule is Oc1c(Cl)c(Cl)c(Cl)c(C(F)(F)F)c1Cl. The fourth-order valence-electron chi connectivity index (χ4n) is 0.870. The fraction of sp³-hybridized carbons (Fsp3) is 0.143. The van der Waals surface area contributed by atoms with Crippen molar-refractivity contribution < 1.29 is 18.3 Å². The first-order chi connectivity index (χ1) is 6.68. The molecule has 0 amide bonds. The highest BCUT2D eigenvalue weighted by Crippen LogP contribution is 2.50. The number of hydrogen-bond acceptors (Lipinski definition) is 1. The van der Waals surface area contributed by atoms with Gasteiger partial charge in [0.1, 0.15) is 5.02 Å². The number of phenolic OH excluding ortho intramolecular Hbond substituents is 1. The van der Waals surface area contributed by atoms with Crippen LogP contribution in [0.1, 0.15) is 5.56 Å². The second kappa shape index (κ2) is 4.09. The van der Waals surface area contributed by atoms with Gasteiger partial charge in [-0.3, -0.25) is 0 Å². The van der Waals surface area contributed by atoms with E-state index in [9.17, 15) is 13.2 Å². The highest BCUT2D eigenvalue weighted by molar-refractivity contribution is 6.50. The summed E-state index contributed by atoms with van der Waals surface area (Å²) in [7, 11) is 0. The van der Waals surface area contributed by atoms with Crippen molar-refractivity contribution in [1.29, 1.82) is 0 Å². The third kappa shape index (κ3) is 2.23. The molecule has 0 radical (unpaired) electrons. The molecular formula is C7HCl4F3O. The van der Waals surface area contributed by atoms with Crippen LogP contribution in [0.2, 0.25) is 20.1 Å². The van der Waals surface area contributed by atoms with Crippen LogP contribution in [0.4, 0.5) is 13.2 Å². The van der Waals surface area contributed by atoms with E-state index >= 15 is 0 Å². The zero-order valence-electron chi connectivity index (χ0n) is 6.59. The Labute approximate surface area is 102 Å². The van der Waals surface area contributed by atoms with Crippen LogP contribution in [0.3, 0.4) is 0 Å². The molecule has 0 unspecified atom stereocenters. The summed E-state index contributed by atoms with van der Waals surface area (Å²) < 4.78 is 37.3. The van der Waals surface area contributed by atoms with E-state index in [1.165, 1.54) is 0 Å². The molecule has 0 saturated carbocycles. The molecule has 1 aromatic carbocycles. The van der Waals surface area contributed by atoms with E-state index in [4.69, 9.17) is 51.5 Å². The Kier molecular flexibility index (Phi) is 3.55. The van der Waals surface area contributed by atoms with Gasteiger partial charge in [-0.05, 0) is 0 Å². The predicted octanol–water partition coefficient (Wildman–Crippen LogP) is 5.02. The van der Waals surface area contributed by atoms with E-state index in [-0.39, 0.29) is 0 Å². The predicted molar refractivity (Wildman–Crippen MR) is 53.1 cm³/mol. The standard InChI is InChI=1S/C7HCl4F3O/c8-2-1(7(12,13)14)3(9)6(15)5(11)4(2)10/h15H. The van der Waals surface area contributed by atoms with Crippen LogP contribution in [0.5, 0.6) is 5.75 Å². The third-order valence-electron chi connectivity index (χ3n) is 1.52. The molecule has 1 N–H and O–H groups in total. The van der Waals surface area contributed by atoms with Crippen LogP contribution in [0.25, 0.3) is 0 Å². The monoisotopic (exact) mass is 298 g/mol. The summed E-state index contributed by atoms with van der Waals surface area (Å²) in [6, 6.07) is 0. The maximum atomic E-state index is 12.4. The van der Waals surface area contributed by atoms with Gasteiger partial charge < -0.3 is 5.11 Å². The lowest BCUT2D eigenvalue weighted by Gasteiger charge is -2.14. The topological polar surface area (TPSA) is 20.2 Å². The minimum Gasteiger partial charge on any atom is -0.505 e. The molecule has 0 atom stereocenters. The molecule has 0 heterocycles. The van der Waals surface area contributed by atoms with Gasteiger partial charge in [0.15, 0.2) is 5.75 Å². The van der Waals surface area contributed by atoms with Crippen molar-refractivity contribution in [2.45, 2.75) is 6.18 Å². The largest absolute Gasteiger partial charge is 0.505 e. The first-order valence-electron chi connectivity index (χ1n) is 3.30. The first kappa shape index (κ1) is 13.0. The van der Waals surface area contributed by atoms with E-state index in [0.717, 1.165) is 0 Å². The number of rotatable bonds is 0. The average molecular weight is 300 g/mol. The number of benzene rings is 1. The number of phenols is 1. The first-order valence-corrected chi connectivity index (χ1v) is 4.81. The van der Waals surface area contributed by atoms with Crippen molar-refractivity contribution in [3.05, 3.63) is 25.7 Å². The van der Waals surface area contributed by atoms with E-state index in [1.54, 1.807) is 0 Å². The molecule has 1 aromatic rings. The van der Waals surface area contributed by atoms with Crippen molar-refractivity contribution >= 4 is 46.4 Å². The summed E-state index contributed by atoms with van der Waals surface area (Å²) in [5.41, 5.74) is -1.40. The lowest BCUT2D eigenvalue weighted by molar-refractivity contribution is -0.137. The van der Waals surface area contributed by atoms with Gasteiger partial charge in [0, 0.05) is 0 Å². The second-order valence-electron chi connectivity index (χ2n) is 2.48. The molecule has 1 rings (SSSR count). The van der Waals surface area contributed by atoms with Crippen LogP contribution in [0, 0.1) is 0 Å². The summed E-state index contributed by atoms with van der Waals surface area (Å²) in [4.78, 5) is 0. The van der Waals surface area contributed by atoms with E-state index in [2.05, 4.69) is 0 Å². The zero-order chi connectivity index (χ0) is 12.0. The van der Waals surface area contributed by atoms with Crippen molar-refractivity contribution in [3.63, 3.8) is 0 Å². The number of halogens is 7. The van der Waals surface area contributed by atoms with E-state index in [1.807, 2.05) is 0 Å². The van der Waals surface area contributed by atoms with Crippen molar-refractivity contribution in [2.24, 2.45) is 0 Å².